The van der Waals surface area contributed by atoms with E-state index in [1.165, 1.54) is 0 Å². The van der Waals surface area contributed by atoms with Crippen LogP contribution in [0, 0.1) is 16.7 Å². The van der Waals surface area contributed by atoms with Gasteiger partial charge in [0, 0.05) is 0 Å². The first-order valence-corrected chi connectivity index (χ1v) is 6.02. The van der Waals surface area contributed by atoms with Crippen molar-refractivity contribution in [3.63, 3.8) is 0 Å². The van der Waals surface area contributed by atoms with Crippen molar-refractivity contribution in [2.45, 2.75) is 55.4 Å². The van der Waals surface area contributed by atoms with E-state index >= 15 is 0 Å². The van der Waals surface area contributed by atoms with Crippen LogP contribution in [0.15, 0.2) is 22.8 Å². The lowest BCUT2D eigenvalue weighted by atomic mass is 9.64. The maximum atomic E-state index is 2.41. The van der Waals surface area contributed by atoms with Crippen molar-refractivity contribution in [2.24, 2.45) is 16.7 Å². The molecule has 0 nitrogen and oxygen atoms in total. The van der Waals surface area contributed by atoms with E-state index in [1.807, 2.05) is 0 Å². The molecular weight excluding hydrogens is 180 g/mol. The molecule has 0 fully saturated rings. The Morgan fingerprint density at radius 1 is 0.867 bits per heavy atom. The van der Waals surface area contributed by atoms with E-state index in [0.29, 0.717) is 11.3 Å². The minimum Gasteiger partial charge on any atom is -0.0587 e. The smallest absolute Gasteiger partial charge is 0.0126 e. The molecule has 0 saturated carbocycles. The molecule has 15 heavy (non-hydrogen) atoms. The van der Waals surface area contributed by atoms with Gasteiger partial charge in [0.1, 0.15) is 0 Å². The summed E-state index contributed by atoms with van der Waals surface area (Å²) >= 11 is 0. The van der Waals surface area contributed by atoms with Gasteiger partial charge in [-0.25, -0.2) is 0 Å². The van der Waals surface area contributed by atoms with Gasteiger partial charge < -0.3 is 0 Å². The van der Waals surface area contributed by atoms with E-state index < -0.39 is 0 Å². The molecular formula is C15H26. The third kappa shape index (κ3) is 2.35. The van der Waals surface area contributed by atoms with E-state index in [0.717, 1.165) is 0 Å². The van der Waals surface area contributed by atoms with Gasteiger partial charge in [-0.2, -0.15) is 0 Å². The summed E-state index contributed by atoms with van der Waals surface area (Å²) in [6.45, 7) is 18.5. The molecule has 0 radical (unpaired) electrons. The van der Waals surface area contributed by atoms with Crippen LogP contribution in [-0.2, 0) is 0 Å². The van der Waals surface area contributed by atoms with Crippen molar-refractivity contribution in [3.05, 3.63) is 22.8 Å². The van der Waals surface area contributed by atoms with Crippen molar-refractivity contribution >= 4 is 0 Å². The van der Waals surface area contributed by atoms with Gasteiger partial charge in [0.15, 0.2) is 0 Å². The fraction of sp³-hybridized carbons (Fsp3) is 0.733. The van der Waals surface area contributed by atoms with Gasteiger partial charge in [-0.1, -0.05) is 61.5 Å². The van der Waals surface area contributed by atoms with Gasteiger partial charge in [0.25, 0.3) is 0 Å². The van der Waals surface area contributed by atoms with Crippen LogP contribution in [0.2, 0.25) is 0 Å². The van der Waals surface area contributed by atoms with Crippen molar-refractivity contribution in [1.82, 2.24) is 0 Å². The molecule has 0 atom stereocenters. The van der Waals surface area contributed by atoms with Crippen LogP contribution in [-0.4, -0.2) is 0 Å². The van der Waals surface area contributed by atoms with E-state index in [9.17, 15) is 0 Å². The van der Waals surface area contributed by atoms with Crippen LogP contribution in [0.25, 0.3) is 0 Å². The highest BCUT2D eigenvalue weighted by Gasteiger charge is 2.35. The molecule has 0 unspecified atom stereocenters. The van der Waals surface area contributed by atoms with Crippen LogP contribution >= 0.6 is 0 Å². The summed E-state index contributed by atoms with van der Waals surface area (Å²) in [5.41, 5.74) is 5.30. The number of rotatable bonds is 1. The largest absolute Gasteiger partial charge is 0.0587 e. The zero-order valence-electron chi connectivity index (χ0n) is 11.7. The molecule has 1 aliphatic carbocycles. The second kappa shape index (κ2) is 3.50. The highest BCUT2D eigenvalue weighted by molar-refractivity contribution is 5.57. The highest BCUT2D eigenvalue weighted by Crippen LogP contribution is 2.49. The number of hydrogen-bond donors (Lipinski definition) is 0. The Kier molecular flexibility index (Phi) is 2.93. The van der Waals surface area contributed by atoms with Crippen LogP contribution in [0.1, 0.15) is 55.4 Å². The van der Waals surface area contributed by atoms with E-state index in [-0.39, 0.29) is 5.41 Å². The van der Waals surface area contributed by atoms with Crippen LogP contribution in [0.4, 0.5) is 0 Å². The van der Waals surface area contributed by atoms with Gasteiger partial charge in [-0.15, -0.1) is 0 Å². The molecule has 0 aromatic heterocycles. The topological polar surface area (TPSA) is 0 Å². The number of hydrogen-bond acceptors (Lipinski definition) is 0. The number of allylic oxidation sites excluding steroid dienone is 4. The first kappa shape index (κ1) is 12.5. The Bertz CT molecular complexity index is 311. The fourth-order valence-corrected chi connectivity index (χ4v) is 2.26. The van der Waals surface area contributed by atoms with E-state index in [2.05, 4.69) is 61.5 Å². The lowest BCUT2D eigenvalue weighted by molar-refractivity contribution is 0.435. The molecule has 0 heteroatoms. The Morgan fingerprint density at radius 3 is 1.60 bits per heavy atom. The van der Waals surface area contributed by atoms with E-state index in [1.54, 1.807) is 16.7 Å². The summed E-state index contributed by atoms with van der Waals surface area (Å²) < 4.78 is 0. The second-order valence-electron chi connectivity index (χ2n) is 7.04. The first-order valence-electron chi connectivity index (χ1n) is 6.02. The molecule has 0 aliphatic heterocycles. The summed E-state index contributed by atoms with van der Waals surface area (Å²) in [7, 11) is 0. The molecule has 1 aliphatic rings. The predicted molar refractivity (Wildman–Crippen MR) is 68.9 cm³/mol. The zero-order valence-corrected chi connectivity index (χ0v) is 11.7. The Hall–Kier alpha value is -0.520. The van der Waals surface area contributed by atoms with Gasteiger partial charge in [0.05, 0.1) is 0 Å². The molecule has 1 rings (SSSR count). The van der Waals surface area contributed by atoms with Crippen LogP contribution in [0.3, 0.4) is 0 Å². The average molecular weight is 206 g/mol. The van der Waals surface area contributed by atoms with Crippen molar-refractivity contribution in [2.75, 3.05) is 0 Å². The molecule has 86 valence electrons. The van der Waals surface area contributed by atoms with E-state index in [4.69, 9.17) is 0 Å². The summed E-state index contributed by atoms with van der Waals surface area (Å²) in [6, 6.07) is 0. The first-order chi connectivity index (χ1) is 6.55. The van der Waals surface area contributed by atoms with Crippen molar-refractivity contribution in [3.8, 4) is 0 Å². The molecule has 0 aromatic carbocycles. The molecule has 0 saturated heterocycles. The average Bonchev–Trinajstić information content (AvgIpc) is 1.72. The molecule has 0 amide bonds. The lowest BCUT2D eigenvalue weighted by Crippen LogP contribution is -2.27. The maximum absolute atomic E-state index is 2.41. The summed E-state index contributed by atoms with van der Waals surface area (Å²) in [5, 5.41) is 0. The molecule has 0 N–H and O–H groups in total. The minimum atomic E-state index is 0.289. The van der Waals surface area contributed by atoms with Crippen molar-refractivity contribution < 1.29 is 0 Å². The van der Waals surface area contributed by atoms with Crippen molar-refractivity contribution in [1.29, 1.82) is 0 Å². The molecule has 0 heterocycles. The predicted octanol–water partition coefficient (Wildman–Crippen LogP) is 4.97. The second-order valence-corrected chi connectivity index (χ2v) is 7.04. The highest BCUT2D eigenvalue weighted by atomic mass is 14.4. The van der Waals surface area contributed by atoms with Crippen LogP contribution in [0.5, 0.6) is 0 Å². The maximum Gasteiger partial charge on any atom is -0.0126 e. The molecule has 0 aromatic rings. The normalized spacial score (nSPS) is 18.1. The Labute approximate surface area is 95.5 Å². The molecule has 0 spiro atoms. The molecule has 0 bridgehead atoms. The Balaban J connectivity index is 3.11. The SMILES string of the molecule is CC(C)C1=CC(C(C)(C)C)=C1C(C)(C)C. The third-order valence-corrected chi connectivity index (χ3v) is 3.04. The summed E-state index contributed by atoms with van der Waals surface area (Å²) in [4.78, 5) is 0. The monoisotopic (exact) mass is 206 g/mol. The summed E-state index contributed by atoms with van der Waals surface area (Å²) in [6.07, 6.45) is 2.41. The quantitative estimate of drug-likeness (QED) is 0.568. The van der Waals surface area contributed by atoms with Gasteiger partial charge in [-0.05, 0) is 33.5 Å². The van der Waals surface area contributed by atoms with Gasteiger partial charge in [0.2, 0.25) is 0 Å². The third-order valence-electron chi connectivity index (χ3n) is 3.04. The van der Waals surface area contributed by atoms with Gasteiger partial charge in [-0.3, -0.25) is 0 Å². The lowest BCUT2D eigenvalue weighted by Gasteiger charge is -2.41. The fourth-order valence-electron chi connectivity index (χ4n) is 2.26. The zero-order chi connectivity index (χ0) is 12.0. The summed E-state index contributed by atoms with van der Waals surface area (Å²) in [5.74, 6) is 0.658. The minimum absolute atomic E-state index is 0.289. The van der Waals surface area contributed by atoms with Crippen LogP contribution < -0.4 is 0 Å². The Morgan fingerprint density at radius 2 is 1.33 bits per heavy atom. The van der Waals surface area contributed by atoms with Gasteiger partial charge >= 0.3 is 0 Å². The standard InChI is InChI=1S/C15H26/c1-10(2)11-9-12(14(3,4)5)13(11)15(6,7)8/h9-10H,1-8H3.